The fraction of sp³-hybridized carbons (Fsp3) is 0.353. The topological polar surface area (TPSA) is 52.5 Å². The van der Waals surface area contributed by atoms with E-state index in [0.29, 0.717) is 6.54 Å². The number of hydrogen-bond donors (Lipinski definition) is 1. The molecule has 0 aliphatic rings. The molecule has 0 radical (unpaired) electrons. The molecule has 2 heterocycles. The zero-order valence-corrected chi connectivity index (χ0v) is 14.0. The molecule has 0 unspecified atom stereocenters. The van der Waals surface area contributed by atoms with Gasteiger partial charge >= 0.3 is 0 Å². The van der Waals surface area contributed by atoms with Gasteiger partial charge in [-0.15, -0.1) is 11.3 Å². The van der Waals surface area contributed by atoms with Gasteiger partial charge in [0, 0.05) is 22.6 Å². The first kappa shape index (κ1) is 15.1. The Hall–Kier alpha value is -1.85. The second kappa shape index (κ2) is 6.10. The number of hydrogen-bond acceptors (Lipinski definition) is 4. The molecule has 0 aliphatic carbocycles. The van der Waals surface area contributed by atoms with Crippen LogP contribution in [0, 0.1) is 6.92 Å². The van der Waals surface area contributed by atoms with E-state index in [1.165, 1.54) is 21.8 Å². The molecule has 2 aromatic heterocycles. The van der Waals surface area contributed by atoms with Crippen LogP contribution in [-0.4, -0.2) is 23.0 Å². The van der Waals surface area contributed by atoms with E-state index in [1.54, 1.807) is 18.4 Å². The molecule has 0 bridgehead atoms. The van der Waals surface area contributed by atoms with E-state index in [4.69, 9.17) is 10.5 Å². The molecule has 0 spiro atoms. The number of benzene rings is 1. The largest absolute Gasteiger partial charge is 0.496 e. The molecular weight excluding hydrogens is 294 g/mol. The summed E-state index contributed by atoms with van der Waals surface area (Å²) < 4.78 is 7.64. The van der Waals surface area contributed by atoms with E-state index >= 15 is 0 Å². The van der Waals surface area contributed by atoms with Crippen molar-refractivity contribution in [3.05, 3.63) is 40.5 Å². The predicted molar refractivity (Wildman–Crippen MR) is 91.9 cm³/mol. The average molecular weight is 315 g/mol. The SMILES string of the molecule is CCc1sc2ncc(CCN)n2c1-c1ccc(OC)c(C)c1. The number of nitrogens with zero attached hydrogens (tertiary/aromatic N) is 2. The number of rotatable bonds is 5. The van der Waals surface area contributed by atoms with Crippen LogP contribution in [0.3, 0.4) is 0 Å². The number of nitrogens with two attached hydrogens (primary N) is 1. The van der Waals surface area contributed by atoms with Gasteiger partial charge < -0.3 is 10.5 Å². The van der Waals surface area contributed by atoms with Gasteiger partial charge in [0.05, 0.1) is 19.0 Å². The third kappa shape index (κ3) is 2.40. The highest BCUT2D eigenvalue weighted by molar-refractivity contribution is 7.17. The minimum Gasteiger partial charge on any atom is -0.496 e. The van der Waals surface area contributed by atoms with Gasteiger partial charge in [0.25, 0.3) is 0 Å². The Morgan fingerprint density at radius 2 is 2.18 bits per heavy atom. The van der Waals surface area contributed by atoms with Crippen LogP contribution in [0.5, 0.6) is 5.75 Å². The van der Waals surface area contributed by atoms with E-state index in [2.05, 4.69) is 35.4 Å². The van der Waals surface area contributed by atoms with Crippen molar-refractivity contribution in [3.63, 3.8) is 0 Å². The number of fused-ring (bicyclic) bond motifs is 1. The number of aromatic nitrogens is 2. The molecular formula is C17H21N3OS. The predicted octanol–water partition coefficient (Wildman–Crippen LogP) is 3.44. The summed E-state index contributed by atoms with van der Waals surface area (Å²) in [5.41, 5.74) is 10.5. The van der Waals surface area contributed by atoms with Crippen molar-refractivity contribution in [1.82, 2.24) is 9.38 Å². The maximum atomic E-state index is 5.75. The van der Waals surface area contributed by atoms with E-state index in [0.717, 1.165) is 29.1 Å². The van der Waals surface area contributed by atoms with Crippen molar-refractivity contribution in [2.75, 3.05) is 13.7 Å². The summed E-state index contributed by atoms with van der Waals surface area (Å²) in [6.07, 6.45) is 3.78. The number of methoxy groups -OCH3 is 1. The van der Waals surface area contributed by atoms with Gasteiger partial charge in [-0.05, 0) is 43.7 Å². The lowest BCUT2D eigenvalue weighted by atomic mass is 10.1. The summed E-state index contributed by atoms with van der Waals surface area (Å²) >= 11 is 1.76. The highest BCUT2D eigenvalue weighted by Crippen LogP contribution is 2.35. The lowest BCUT2D eigenvalue weighted by molar-refractivity contribution is 0.412. The fourth-order valence-electron chi connectivity index (χ4n) is 2.84. The molecule has 2 N–H and O–H groups in total. The van der Waals surface area contributed by atoms with E-state index in [1.807, 2.05) is 12.3 Å². The maximum absolute atomic E-state index is 5.75. The lowest BCUT2D eigenvalue weighted by Gasteiger charge is -2.10. The Kier molecular flexibility index (Phi) is 4.18. The monoisotopic (exact) mass is 315 g/mol. The van der Waals surface area contributed by atoms with Gasteiger partial charge in [0.1, 0.15) is 5.75 Å². The lowest BCUT2D eigenvalue weighted by Crippen LogP contribution is -2.05. The fourth-order valence-corrected chi connectivity index (χ4v) is 3.92. The van der Waals surface area contributed by atoms with Gasteiger partial charge in [-0.2, -0.15) is 0 Å². The van der Waals surface area contributed by atoms with Crippen molar-refractivity contribution >= 4 is 16.3 Å². The number of thiazole rings is 1. The molecule has 22 heavy (non-hydrogen) atoms. The van der Waals surface area contributed by atoms with Crippen LogP contribution in [0.1, 0.15) is 23.1 Å². The summed E-state index contributed by atoms with van der Waals surface area (Å²) in [7, 11) is 1.71. The summed E-state index contributed by atoms with van der Waals surface area (Å²) in [6.45, 7) is 4.90. The Labute approximate surface area is 134 Å². The van der Waals surface area contributed by atoms with Gasteiger partial charge in [0.2, 0.25) is 0 Å². The normalized spacial score (nSPS) is 11.3. The van der Waals surface area contributed by atoms with E-state index < -0.39 is 0 Å². The van der Waals surface area contributed by atoms with Gasteiger partial charge in [-0.1, -0.05) is 6.92 Å². The highest BCUT2D eigenvalue weighted by Gasteiger charge is 2.17. The Balaban J connectivity index is 2.23. The minimum absolute atomic E-state index is 0.631. The third-order valence-electron chi connectivity index (χ3n) is 3.89. The van der Waals surface area contributed by atoms with Crippen LogP contribution in [0.15, 0.2) is 24.4 Å². The molecule has 0 saturated heterocycles. The summed E-state index contributed by atoms with van der Waals surface area (Å²) in [5, 5.41) is 0. The second-order valence-corrected chi connectivity index (χ2v) is 6.38. The maximum Gasteiger partial charge on any atom is 0.194 e. The zero-order chi connectivity index (χ0) is 15.7. The van der Waals surface area contributed by atoms with Crippen LogP contribution in [0.2, 0.25) is 0 Å². The number of ether oxygens (including phenoxy) is 1. The summed E-state index contributed by atoms with van der Waals surface area (Å²) in [5.74, 6) is 0.918. The molecule has 4 nitrogen and oxygen atoms in total. The van der Waals surface area contributed by atoms with Gasteiger partial charge in [-0.3, -0.25) is 4.40 Å². The van der Waals surface area contributed by atoms with Crippen LogP contribution < -0.4 is 10.5 Å². The van der Waals surface area contributed by atoms with Crippen LogP contribution >= 0.6 is 11.3 Å². The Bertz CT molecular complexity index is 804. The van der Waals surface area contributed by atoms with Gasteiger partial charge in [-0.25, -0.2) is 4.98 Å². The van der Waals surface area contributed by atoms with E-state index in [-0.39, 0.29) is 0 Å². The van der Waals surface area contributed by atoms with Crippen molar-refractivity contribution in [1.29, 1.82) is 0 Å². The number of aryl methyl sites for hydroxylation is 2. The first-order valence-electron chi connectivity index (χ1n) is 7.52. The first-order valence-corrected chi connectivity index (χ1v) is 8.34. The third-order valence-corrected chi connectivity index (χ3v) is 5.09. The Morgan fingerprint density at radius 1 is 1.36 bits per heavy atom. The van der Waals surface area contributed by atoms with Crippen LogP contribution in [0.25, 0.3) is 16.2 Å². The summed E-state index contributed by atoms with van der Waals surface area (Å²) in [4.78, 5) is 6.95. The van der Waals surface area contributed by atoms with Gasteiger partial charge in [0.15, 0.2) is 4.96 Å². The average Bonchev–Trinajstić information content (AvgIpc) is 3.07. The van der Waals surface area contributed by atoms with Crippen LogP contribution in [-0.2, 0) is 12.8 Å². The molecule has 1 aromatic carbocycles. The molecule has 5 heteroatoms. The smallest absolute Gasteiger partial charge is 0.194 e. The highest BCUT2D eigenvalue weighted by atomic mass is 32.1. The standard InChI is InChI=1S/C17H21N3OS/c1-4-15-16(12-5-6-14(21-3)11(2)9-12)20-13(7-8-18)10-19-17(20)22-15/h5-6,9-10H,4,7-8,18H2,1-3H3. The van der Waals surface area contributed by atoms with Crippen molar-refractivity contribution in [3.8, 4) is 17.0 Å². The van der Waals surface area contributed by atoms with Crippen molar-refractivity contribution < 1.29 is 4.74 Å². The molecule has 3 aromatic rings. The van der Waals surface area contributed by atoms with Crippen LogP contribution in [0.4, 0.5) is 0 Å². The van der Waals surface area contributed by atoms with Crippen molar-refractivity contribution in [2.45, 2.75) is 26.7 Å². The first-order chi connectivity index (χ1) is 10.7. The molecule has 0 amide bonds. The molecule has 0 atom stereocenters. The second-order valence-electron chi connectivity index (χ2n) is 5.32. The summed E-state index contributed by atoms with van der Waals surface area (Å²) in [6, 6.07) is 6.34. The molecule has 0 aliphatic heterocycles. The van der Waals surface area contributed by atoms with Crippen molar-refractivity contribution in [2.24, 2.45) is 5.73 Å². The Morgan fingerprint density at radius 3 is 2.82 bits per heavy atom. The number of imidazole rings is 1. The molecule has 0 fully saturated rings. The van der Waals surface area contributed by atoms with E-state index in [9.17, 15) is 0 Å². The quantitative estimate of drug-likeness (QED) is 0.784. The minimum atomic E-state index is 0.631. The zero-order valence-electron chi connectivity index (χ0n) is 13.2. The molecule has 116 valence electrons. The molecule has 0 saturated carbocycles. The molecule has 3 rings (SSSR count).